The van der Waals surface area contributed by atoms with Gasteiger partial charge in [0.15, 0.2) is 0 Å². The first-order valence-electron chi connectivity index (χ1n) is 6.13. The van der Waals surface area contributed by atoms with E-state index < -0.39 is 0 Å². The van der Waals surface area contributed by atoms with Crippen molar-refractivity contribution >= 4 is 11.6 Å². The molecule has 0 aliphatic carbocycles. The zero-order chi connectivity index (χ0) is 12.3. The Morgan fingerprint density at radius 2 is 2.35 bits per heavy atom. The van der Waals surface area contributed by atoms with E-state index in [1.807, 2.05) is 6.07 Å². The number of aliphatic hydroxyl groups is 1. The summed E-state index contributed by atoms with van der Waals surface area (Å²) in [6, 6.07) is 2.33. The maximum Gasteiger partial charge on any atom is 0.134 e. The maximum atomic E-state index is 9.13. The van der Waals surface area contributed by atoms with Gasteiger partial charge in [-0.2, -0.15) is 0 Å². The molecule has 2 heterocycles. The van der Waals surface area contributed by atoms with E-state index in [0.29, 0.717) is 12.0 Å². The molecule has 0 radical (unpaired) electrons. The predicted molar refractivity (Wildman–Crippen MR) is 68.2 cm³/mol. The topological polar surface area (TPSA) is 61.3 Å². The lowest BCUT2D eigenvalue weighted by Gasteiger charge is -2.18. The zero-order valence-corrected chi connectivity index (χ0v) is 10.4. The molecule has 0 amide bonds. The molecular weight excluding hydrogens is 216 g/mol. The van der Waals surface area contributed by atoms with E-state index in [1.54, 1.807) is 6.33 Å². The highest BCUT2D eigenvalue weighted by atomic mass is 16.3. The Morgan fingerprint density at radius 3 is 3.00 bits per heavy atom. The molecule has 2 N–H and O–H groups in total. The largest absolute Gasteiger partial charge is 0.396 e. The Hall–Kier alpha value is -1.36. The standard InChI is InChI=1S/C12H20N4O/c1-9(2)15-11-5-12(14-8-13-11)16-4-3-10(6-16)7-17/h5,8-10,17H,3-4,6-7H2,1-2H3,(H,13,14,15). The van der Waals surface area contributed by atoms with E-state index in [2.05, 4.69) is 34.0 Å². The maximum absolute atomic E-state index is 9.13. The van der Waals surface area contributed by atoms with Gasteiger partial charge in [-0.3, -0.25) is 0 Å². The van der Waals surface area contributed by atoms with Crippen LogP contribution in [-0.4, -0.2) is 40.8 Å². The molecule has 1 aliphatic rings. The molecule has 0 saturated carbocycles. The Bertz CT molecular complexity index is 369. The van der Waals surface area contributed by atoms with Gasteiger partial charge in [-0.15, -0.1) is 0 Å². The molecule has 0 spiro atoms. The molecule has 1 aliphatic heterocycles. The predicted octanol–water partition coefficient (Wildman–Crippen LogP) is 1.12. The molecule has 1 fully saturated rings. The first-order chi connectivity index (χ1) is 8.19. The van der Waals surface area contributed by atoms with Crippen LogP contribution in [-0.2, 0) is 0 Å². The minimum Gasteiger partial charge on any atom is -0.396 e. The van der Waals surface area contributed by atoms with Crippen LogP contribution in [0.3, 0.4) is 0 Å². The minimum absolute atomic E-state index is 0.263. The summed E-state index contributed by atoms with van der Waals surface area (Å²) in [6.07, 6.45) is 2.62. The summed E-state index contributed by atoms with van der Waals surface area (Å²) in [7, 11) is 0. The number of nitrogens with one attached hydrogen (secondary N) is 1. The summed E-state index contributed by atoms with van der Waals surface area (Å²) in [5, 5.41) is 12.4. The smallest absolute Gasteiger partial charge is 0.134 e. The summed E-state index contributed by atoms with van der Waals surface area (Å²) in [4.78, 5) is 10.7. The lowest BCUT2D eigenvalue weighted by atomic mass is 10.1. The van der Waals surface area contributed by atoms with Gasteiger partial charge in [0, 0.05) is 37.7 Å². The molecule has 5 heteroatoms. The number of anilines is 2. The van der Waals surface area contributed by atoms with Crippen LogP contribution in [0.5, 0.6) is 0 Å². The molecular formula is C12H20N4O. The van der Waals surface area contributed by atoms with Crippen molar-refractivity contribution in [2.45, 2.75) is 26.3 Å². The summed E-state index contributed by atoms with van der Waals surface area (Å²) in [6.45, 7) is 6.27. The number of hydrogen-bond donors (Lipinski definition) is 2. The van der Waals surface area contributed by atoms with Crippen LogP contribution in [0.4, 0.5) is 11.6 Å². The Labute approximate surface area is 102 Å². The monoisotopic (exact) mass is 236 g/mol. The summed E-state index contributed by atoms with van der Waals surface area (Å²) >= 11 is 0. The van der Waals surface area contributed by atoms with Crippen LogP contribution in [0.25, 0.3) is 0 Å². The third-order valence-corrected chi connectivity index (χ3v) is 2.96. The van der Waals surface area contributed by atoms with Gasteiger partial charge in [-0.25, -0.2) is 9.97 Å². The second-order valence-corrected chi connectivity index (χ2v) is 4.84. The number of aliphatic hydroxyl groups excluding tert-OH is 1. The average molecular weight is 236 g/mol. The average Bonchev–Trinajstić information content (AvgIpc) is 2.77. The van der Waals surface area contributed by atoms with Gasteiger partial charge < -0.3 is 15.3 Å². The van der Waals surface area contributed by atoms with Gasteiger partial charge in [0.1, 0.15) is 18.0 Å². The summed E-state index contributed by atoms with van der Waals surface area (Å²) in [5.74, 6) is 2.18. The number of hydrogen-bond acceptors (Lipinski definition) is 5. The second kappa shape index (κ2) is 5.31. The highest BCUT2D eigenvalue weighted by Gasteiger charge is 2.22. The fourth-order valence-corrected chi connectivity index (χ4v) is 2.08. The molecule has 1 aromatic heterocycles. The number of rotatable bonds is 4. The van der Waals surface area contributed by atoms with Gasteiger partial charge >= 0.3 is 0 Å². The quantitative estimate of drug-likeness (QED) is 0.820. The van der Waals surface area contributed by atoms with Crippen molar-refractivity contribution in [2.75, 3.05) is 29.9 Å². The van der Waals surface area contributed by atoms with Crippen molar-refractivity contribution in [3.8, 4) is 0 Å². The van der Waals surface area contributed by atoms with Crippen LogP contribution in [0.1, 0.15) is 20.3 Å². The molecule has 17 heavy (non-hydrogen) atoms. The van der Waals surface area contributed by atoms with E-state index >= 15 is 0 Å². The van der Waals surface area contributed by atoms with E-state index in [9.17, 15) is 0 Å². The Morgan fingerprint density at radius 1 is 1.53 bits per heavy atom. The van der Waals surface area contributed by atoms with Crippen molar-refractivity contribution in [3.63, 3.8) is 0 Å². The van der Waals surface area contributed by atoms with Crippen LogP contribution in [0.15, 0.2) is 12.4 Å². The molecule has 5 nitrogen and oxygen atoms in total. The normalized spacial score (nSPS) is 20.0. The van der Waals surface area contributed by atoms with Crippen molar-refractivity contribution in [1.82, 2.24) is 9.97 Å². The van der Waals surface area contributed by atoms with Gasteiger partial charge in [0.25, 0.3) is 0 Å². The third kappa shape index (κ3) is 3.06. The zero-order valence-electron chi connectivity index (χ0n) is 10.4. The minimum atomic E-state index is 0.263. The molecule has 1 saturated heterocycles. The number of aromatic nitrogens is 2. The lowest BCUT2D eigenvalue weighted by molar-refractivity contribution is 0.238. The SMILES string of the molecule is CC(C)Nc1cc(N2CCC(CO)C2)ncn1. The molecule has 0 aromatic carbocycles. The van der Waals surface area contributed by atoms with Crippen LogP contribution in [0.2, 0.25) is 0 Å². The molecule has 1 unspecified atom stereocenters. The Balaban J connectivity index is 2.06. The van der Waals surface area contributed by atoms with Crippen molar-refractivity contribution in [1.29, 1.82) is 0 Å². The van der Waals surface area contributed by atoms with Gasteiger partial charge in [0.2, 0.25) is 0 Å². The number of nitrogens with zero attached hydrogens (tertiary/aromatic N) is 3. The van der Waals surface area contributed by atoms with Crippen molar-refractivity contribution < 1.29 is 5.11 Å². The second-order valence-electron chi connectivity index (χ2n) is 4.84. The molecule has 0 bridgehead atoms. The molecule has 1 aromatic rings. The highest BCUT2D eigenvalue weighted by molar-refractivity contribution is 5.49. The van der Waals surface area contributed by atoms with E-state index in [1.165, 1.54) is 0 Å². The van der Waals surface area contributed by atoms with Gasteiger partial charge in [-0.1, -0.05) is 0 Å². The highest BCUT2D eigenvalue weighted by Crippen LogP contribution is 2.22. The summed E-state index contributed by atoms with van der Waals surface area (Å²) in [5.41, 5.74) is 0. The van der Waals surface area contributed by atoms with Gasteiger partial charge in [-0.05, 0) is 20.3 Å². The first kappa shape index (κ1) is 12.1. The van der Waals surface area contributed by atoms with Crippen LogP contribution >= 0.6 is 0 Å². The molecule has 94 valence electrons. The third-order valence-electron chi connectivity index (χ3n) is 2.96. The fraction of sp³-hybridized carbons (Fsp3) is 0.667. The lowest BCUT2D eigenvalue weighted by Crippen LogP contribution is -2.22. The Kier molecular flexibility index (Phi) is 3.78. The van der Waals surface area contributed by atoms with E-state index in [4.69, 9.17) is 5.11 Å². The van der Waals surface area contributed by atoms with Crippen molar-refractivity contribution in [2.24, 2.45) is 5.92 Å². The van der Waals surface area contributed by atoms with Crippen LogP contribution < -0.4 is 10.2 Å². The van der Waals surface area contributed by atoms with Crippen LogP contribution in [0, 0.1) is 5.92 Å². The van der Waals surface area contributed by atoms with Gasteiger partial charge in [0.05, 0.1) is 0 Å². The molecule has 1 atom stereocenters. The van der Waals surface area contributed by atoms with E-state index in [-0.39, 0.29) is 6.61 Å². The van der Waals surface area contributed by atoms with E-state index in [0.717, 1.165) is 31.1 Å². The molecule has 2 rings (SSSR count). The summed E-state index contributed by atoms with van der Waals surface area (Å²) < 4.78 is 0. The fourth-order valence-electron chi connectivity index (χ4n) is 2.08. The van der Waals surface area contributed by atoms with Crippen molar-refractivity contribution in [3.05, 3.63) is 12.4 Å². The first-order valence-corrected chi connectivity index (χ1v) is 6.13.